The van der Waals surface area contributed by atoms with Crippen LogP contribution >= 0.6 is 0 Å². The molecule has 0 aliphatic carbocycles. The molecular formula is C44H42N8O2. The van der Waals surface area contributed by atoms with Gasteiger partial charge in [0.2, 0.25) is 11.8 Å². The molecule has 6 heterocycles. The highest BCUT2D eigenvalue weighted by Gasteiger charge is 2.33. The summed E-state index contributed by atoms with van der Waals surface area (Å²) in [5, 5.41) is 0. The number of hydrogen-bond acceptors (Lipinski definition) is 6. The van der Waals surface area contributed by atoms with Crippen molar-refractivity contribution in [2.24, 2.45) is 0 Å². The number of aromatic nitrogens is 6. The molecule has 2 aliphatic heterocycles. The molecule has 7 aromatic rings. The van der Waals surface area contributed by atoms with Crippen molar-refractivity contribution in [2.75, 3.05) is 13.1 Å². The van der Waals surface area contributed by atoms with E-state index in [4.69, 9.17) is 9.97 Å². The first-order valence-electron chi connectivity index (χ1n) is 19.0. The molecule has 10 nitrogen and oxygen atoms in total. The molecule has 0 radical (unpaired) electrons. The van der Waals surface area contributed by atoms with Gasteiger partial charge in [0.1, 0.15) is 11.6 Å². The van der Waals surface area contributed by atoms with E-state index >= 15 is 0 Å². The number of aromatic amines is 2. The summed E-state index contributed by atoms with van der Waals surface area (Å²) >= 11 is 0. The lowest BCUT2D eigenvalue weighted by atomic mass is 10.00. The van der Waals surface area contributed by atoms with Gasteiger partial charge in [-0.25, -0.2) is 9.97 Å². The molecule has 2 N–H and O–H groups in total. The Morgan fingerprint density at radius 1 is 0.593 bits per heavy atom. The first-order valence-corrected chi connectivity index (χ1v) is 19.0. The van der Waals surface area contributed by atoms with Crippen LogP contribution in [0, 0.1) is 0 Å². The van der Waals surface area contributed by atoms with Crippen molar-refractivity contribution in [1.29, 1.82) is 0 Å². The Morgan fingerprint density at radius 3 is 1.46 bits per heavy atom. The van der Waals surface area contributed by atoms with Gasteiger partial charge in [0.05, 0.1) is 34.2 Å². The van der Waals surface area contributed by atoms with Crippen LogP contribution in [0.15, 0.2) is 110 Å². The van der Waals surface area contributed by atoms with Gasteiger partial charge in [0, 0.05) is 50.7 Å². The fourth-order valence-corrected chi connectivity index (χ4v) is 8.17. The van der Waals surface area contributed by atoms with E-state index in [0.717, 1.165) is 106 Å². The molecule has 4 aromatic heterocycles. The fourth-order valence-electron chi connectivity index (χ4n) is 8.17. The van der Waals surface area contributed by atoms with Crippen molar-refractivity contribution in [1.82, 2.24) is 39.7 Å². The number of amides is 2. The van der Waals surface area contributed by atoms with Crippen LogP contribution in [0.4, 0.5) is 0 Å². The summed E-state index contributed by atoms with van der Waals surface area (Å²) in [5.74, 6) is 2.04. The van der Waals surface area contributed by atoms with Crippen molar-refractivity contribution in [3.05, 3.63) is 132 Å². The Labute approximate surface area is 313 Å². The Hall–Kier alpha value is -6.16. The minimum atomic E-state index is -0.0349. The fraction of sp³-hybridized carbons (Fsp3) is 0.273. The summed E-state index contributed by atoms with van der Waals surface area (Å²) in [4.78, 5) is 55.8. The third-order valence-corrected chi connectivity index (χ3v) is 11.0. The number of nitrogens with one attached hydrogen (secondary N) is 2. The monoisotopic (exact) mass is 714 g/mol. The molecule has 2 fully saturated rings. The molecule has 0 unspecified atom stereocenters. The number of benzene rings is 3. The molecular weight excluding hydrogens is 673 g/mol. The molecule has 10 heteroatoms. The molecule has 0 spiro atoms. The molecule has 9 rings (SSSR count). The number of aryl methyl sites for hydroxylation is 2. The predicted octanol–water partition coefficient (Wildman–Crippen LogP) is 8.16. The zero-order valence-electron chi connectivity index (χ0n) is 30.1. The van der Waals surface area contributed by atoms with Crippen LogP contribution in [0.1, 0.15) is 73.4 Å². The van der Waals surface area contributed by atoms with Gasteiger partial charge in [-0.3, -0.25) is 19.6 Å². The average Bonchev–Trinajstić information content (AvgIpc) is 4.05. The van der Waals surface area contributed by atoms with E-state index in [1.165, 1.54) is 0 Å². The molecule has 2 amide bonds. The van der Waals surface area contributed by atoms with Crippen LogP contribution in [0.5, 0.6) is 0 Å². The van der Waals surface area contributed by atoms with E-state index in [1.807, 2.05) is 46.5 Å². The molecule has 2 saturated heterocycles. The first kappa shape index (κ1) is 33.7. The van der Waals surface area contributed by atoms with Crippen LogP contribution in [-0.2, 0) is 22.4 Å². The van der Waals surface area contributed by atoms with Gasteiger partial charge in [-0.1, -0.05) is 48.5 Å². The van der Waals surface area contributed by atoms with Gasteiger partial charge in [-0.05, 0) is 108 Å². The minimum absolute atomic E-state index is 0.0349. The number of imidazole rings is 2. The third kappa shape index (κ3) is 6.87. The molecule has 2 aliphatic rings. The highest BCUT2D eigenvalue weighted by molar-refractivity contribution is 5.85. The topological polar surface area (TPSA) is 124 Å². The van der Waals surface area contributed by atoms with Crippen molar-refractivity contribution in [3.8, 4) is 22.3 Å². The summed E-state index contributed by atoms with van der Waals surface area (Å²) in [5.41, 5.74) is 10.3. The molecule has 0 bridgehead atoms. The highest BCUT2D eigenvalue weighted by Crippen LogP contribution is 2.35. The summed E-state index contributed by atoms with van der Waals surface area (Å²) in [6.45, 7) is 1.52. The number of H-pyrrole nitrogens is 2. The van der Waals surface area contributed by atoms with Crippen molar-refractivity contribution >= 4 is 33.9 Å². The largest absolute Gasteiger partial charge is 0.340 e. The molecule has 2 atom stereocenters. The zero-order chi connectivity index (χ0) is 36.4. The minimum Gasteiger partial charge on any atom is -0.340 e. The Morgan fingerprint density at radius 2 is 1.04 bits per heavy atom. The van der Waals surface area contributed by atoms with Gasteiger partial charge in [-0.2, -0.15) is 0 Å². The maximum Gasteiger partial charge on any atom is 0.223 e. The zero-order valence-corrected chi connectivity index (χ0v) is 30.1. The van der Waals surface area contributed by atoms with E-state index in [1.54, 1.807) is 12.4 Å². The van der Waals surface area contributed by atoms with Crippen LogP contribution in [0.2, 0.25) is 0 Å². The lowest BCUT2D eigenvalue weighted by molar-refractivity contribution is -0.133. The van der Waals surface area contributed by atoms with Crippen molar-refractivity contribution in [3.63, 3.8) is 0 Å². The Balaban J connectivity index is 0.874. The Bertz CT molecular complexity index is 2250. The van der Waals surface area contributed by atoms with Crippen LogP contribution in [-0.4, -0.2) is 64.6 Å². The van der Waals surface area contributed by atoms with E-state index in [0.29, 0.717) is 25.7 Å². The van der Waals surface area contributed by atoms with Gasteiger partial charge >= 0.3 is 0 Å². The van der Waals surface area contributed by atoms with Crippen LogP contribution in [0.25, 0.3) is 44.3 Å². The number of rotatable bonds is 10. The second-order valence-corrected chi connectivity index (χ2v) is 14.5. The molecule has 54 heavy (non-hydrogen) atoms. The lowest BCUT2D eigenvalue weighted by Gasteiger charge is -2.23. The number of nitrogens with zero attached hydrogens (tertiary/aromatic N) is 6. The summed E-state index contributed by atoms with van der Waals surface area (Å²) < 4.78 is 0. The van der Waals surface area contributed by atoms with E-state index in [2.05, 4.69) is 80.6 Å². The number of likely N-dealkylation sites (tertiary alicyclic amines) is 2. The lowest BCUT2D eigenvalue weighted by Crippen LogP contribution is -2.31. The maximum atomic E-state index is 13.2. The molecule has 3 aromatic carbocycles. The number of hydrogen-bond donors (Lipinski definition) is 2. The molecule has 0 saturated carbocycles. The van der Waals surface area contributed by atoms with Crippen LogP contribution in [0.3, 0.4) is 0 Å². The Kier molecular flexibility index (Phi) is 9.16. The second kappa shape index (κ2) is 14.7. The van der Waals surface area contributed by atoms with E-state index < -0.39 is 0 Å². The van der Waals surface area contributed by atoms with Crippen molar-refractivity contribution < 1.29 is 9.59 Å². The van der Waals surface area contributed by atoms with E-state index in [9.17, 15) is 9.59 Å². The normalized spacial score (nSPS) is 17.2. The highest BCUT2D eigenvalue weighted by atomic mass is 16.2. The second-order valence-electron chi connectivity index (χ2n) is 14.5. The van der Waals surface area contributed by atoms with Gasteiger partial charge in [0.15, 0.2) is 0 Å². The SMILES string of the molecule is O=C(CCc1cccnc1)N1CCC[C@H]1c1nc2ccc(-c3ccc(-c4ccc5nc([C@@H]6CCCN6C(=O)CCc6cccnc6)[nH]c5c4)cc3)cc2[nH]1. The average molecular weight is 715 g/mol. The van der Waals surface area contributed by atoms with Gasteiger partial charge in [-0.15, -0.1) is 0 Å². The number of pyridine rings is 2. The molecule has 270 valence electrons. The number of carbonyl (C=O) groups is 2. The predicted molar refractivity (Wildman–Crippen MR) is 209 cm³/mol. The van der Waals surface area contributed by atoms with Crippen LogP contribution < -0.4 is 0 Å². The summed E-state index contributed by atoms with van der Waals surface area (Å²) in [6.07, 6.45) is 13.2. The summed E-state index contributed by atoms with van der Waals surface area (Å²) in [6, 6.07) is 29.1. The maximum absolute atomic E-state index is 13.2. The third-order valence-electron chi connectivity index (χ3n) is 11.0. The quantitative estimate of drug-likeness (QED) is 0.147. The number of fused-ring (bicyclic) bond motifs is 2. The summed E-state index contributed by atoms with van der Waals surface area (Å²) in [7, 11) is 0. The first-order chi connectivity index (χ1) is 26.6. The van der Waals surface area contributed by atoms with Gasteiger partial charge in [0.25, 0.3) is 0 Å². The van der Waals surface area contributed by atoms with Gasteiger partial charge < -0.3 is 19.8 Å². The van der Waals surface area contributed by atoms with E-state index in [-0.39, 0.29) is 23.9 Å². The smallest absolute Gasteiger partial charge is 0.223 e. The number of carbonyl (C=O) groups excluding carboxylic acids is 2. The standard InChI is InChI=1S/C44H42N8O2/c53-41(19-9-29-5-1-21-45-27-29)51-23-3-7-39(51)43-47-35-17-15-33(25-37(35)49-43)31-11-13-32(14-12-31)34-16-18-36-38(26-34)50-44(48-36)40-8-4-24-52(40)42(54)20-10-30-6-2-22-46-28-30/h1-2,5-6,11-18,21-22,25-28,39-40H,3-4,7-10,19-20,23-24H2,(H,47,49)(H,48,50)/t39-,40-/m0/s1. The van der Waals surface area contributed by atoms with Crippen molar-refractivity contribution in [2.45, 2.75) is 63.5 Å².